The highest BCUT2D eigenvalue weighted by Gasteiger charge is 2.75. The van der Waals surface area contributed by atoms with Gasteiger partial charge in [0.15, 0.2) is 37.6 Å². The number of aliphatic hydroxyl groups excluding tert-OH is 16. The molecule has 96 heavy (non-hydrogen) atoms. The zero-order chi connectivity index (χ0) is 70.1. The Morgan fingerprint density at radius 3 is 1.80 bits per heavy atom. The monoisotopic (exact) mass is 1380 g/mol. The van der Waals surface area contributed by atoms with E-state index in [0.717, 1.165) is 5.57 Å². The maximum atomic E-state index is 15.6. The third-order valence-corrected chi connectivity index (χ3v) is 24.7. The molecule has 0 aromatic rings. The number of amides is 1. The van der Waals surface area contributed by atoms with Crippen molar-refractivity contribution in [3.05, 3.63) is 11.6 Å². The summed E-state index contributed by atoms with van der Waals surface area (Å²) < 4.78 is 70.8. The maximum Gasteiger partial charge on any atom is 0.317 e. The lowest BCUT2D eigenvalue weighted by Crippen LogP contribution is -2.73. The Hall–Kier alpha value is -2.44. The zero-order valence-electron chi connectivity index (χ0n) is 55.3. The van der Waals surface area contributed by atoms with Gasteiger partial charge in [-0.3, -0.25) is 9.59 Å². The molecule has 35 atom stereocenters. The lowest BCUT2D eigenvalue weighted by atomic mass is 9.32. The van der Waals surface area contributed by atoms with Gasteiger partial charge in [0.05, 0.1) is 64.6 Å². The predicted molar refractivity (Wildman–Crippen MR) is 318 cm³/mol. The second kappa shape index (κ2) is 27.6. The molecule has 0 aromatic carbocycles. The Balaban J connectivity index is 0.811. The Morgan fingerprint density at radius 2 is 1.17 bits per heavy atom. The maximum absolute atomic E-state index is 15.6. The molecule has 32 nitrogen and oxygen atoms in total. The molecule has 11 aliphatic rings. The lowest BCUT2D eigenvalue weighted by Gasteiger charge is -2.72. The first-order valence-electron chi connectivity index (χ1n) is 33.6. The van der Waals surface area contributed by atoms with Crippen molar-refractivity contribution in [3.8, 4) is 0 Å². The summed E-state index contributed by atoms with van der Waals surface area (Å²) in [6.07, 6.45) is -37.0. The molecule has 4 saturated carbocycles. The molecule has 6 heterocycles. The number of carbonyl (C=O) groups excluding carboxylic acids is 2. The summed E-state index contributed by atoms with van der Waals surface area (Å²) >= 11 is 0. The van der Waals surface area contributed by atoms with Gasteiger partial charge in [-0.1, -0.05) is 60.1 Å². The minimum atomic E-state index is -2.13. The molecular weight excluding hydrogens is 1280 g/mol. The van der Waals surface area contributed by atoms with Gasteiger partial charge in [-0.25, -0.2) is 0 Å². The van der Waals surface area contributed by atoms with Gasteiger partial charge in [0.2, 0.25) is 12.2 Å². The van der Waals surface area contributed by atoms with Crippen molar-refractivity contribution in [2.24, 2.45) is 50.2 Å². The standard InChI is InChI=1S/C64H103NO31/c1-25(68)65-36-40(75)39(74)32(22-88-52-43(78)45(29(70)20-85-52)93-53-42(77)37(72)28(69)19-86-53)91-51(36)92-35-12-13-60(6)33(59(35,4)5)11-14-61(7)34(60)10-9-26-27-17-58(2,3)15-16-64(27,49(81)48(80)62(26,61)8)57(83)96-55-47(41(76)38(73)31(18-66)90-55)95-54-44(79)46(30(71)21-87-54)94-56-50(82)63(84,23-67)24-89-56/h9,27-56,66-67,69-82,84H,10-24H2,1-8H3,(H,65,68). The zero-order valence-corrected chi connectivity index (χ0v) is 55.3. The molecule has 550 valence electrons. The average molecular weight is 1380 g/mol. The molecule has 11 rings (SSSR count). The van der Waals surface area contributed by atoms with Gasteiger partial charge in [-0.2, -0.15) is 0 Å². The van der Waals surface area contributed by atoms with Gasteiger partial charge in [-0.05, 0) is 90.8 Å². The number of allylic oxidation sites excluding steroid dienone is 1. The third kappa shape index (κ3) is 12.6. The second-order valence-electron chi connectivity index (χ2n) is 31.2. The van der Waals surface area contributed by atoms with E-state index in [0.29, 0.717) is 44.9 Å². The lowest BCUT2D eigenvalue weighted by molar-refractivity contribution is -0.361. The summed E-state index contributed by atoms with van der Waals surface area (Å²) in [5.74, 6) is -2.57. The van der Waals surface area contributed by atoms with E-state index in [2.05, 4.69) is 52.9 Å². The second-order valence-corrected chi connectivity index (χ2v) is 31.2. The van der Waals surface area contributed by atoms with Crippen LogP contribution in [0.3, 0.4) is 0 Å². The number of rotatable bonds is 16. The van der Waals surface area contributed by atoms with Crippen LogP contribution in [0.1, 0.15) is 107 Å². The minimum absolute atomic E-state index is 0.0130. The molecule has 0 bridgehead atoms. The highest BCUT2D eigenvalue weighted by atomic mass is 16.8. The van der Waals surface area contributed by atoms with Gasteiger partial charge in [0.25, 0.3) is 0 Å². The van der Waals surface area contributed by atoms with Crippen molar-refractivity contribution in [1.29, 1.82) is 0 Å². The van der Waals surface area contributed by atoms with Crippen molar-refractivity contribution in [2.45, 2.75) is 278 Å². The van der Waals surface area contributed by atoms with Gasteiger partial charge < -0.3 is 149 Å². The molecule has 0 radical (unpaired) electrons. The number of hydrogen-bond acceptors (Lipinski definition) is 31. The van der Waals surface area contributed by atoms with Crippen LogP contribution in [0.5, 0.6) is 0 Å². The van der Waals surface area contributed by atoms with E-state index in [1.807, 2.05) is 6.92 Å². The molecule has 5 aliphatic carbocycles. The van der Waals surface area contributed by atoms with E-state index in [9.17, 15) is 91.6 Å². The van der Waals surface area contributed by atoms with Gasteiger partial charge in [0, 0.05) is 12.3 Å². The van der Waals surface area contributed by atoms with E-state index < -0.39 is 268 Å². The highest BCUT2D eigenvalue weighted by molar-refractivity contribution is 5.80. The first-order valence-corrected chi connectivity index (χ1v) is 33.6. The fourth-order valence-electron chi connectivity index (χ4n) is 18.8. The van der Waals surface area contributed by atoms with Crippen molar-refractivity contribution in [3.63, 3.8) is 0 Å². The van der Waals surface area contributed by atoms with Crippen LogP contribution in [-0.4, -0.2) is 316 Å². The molecular formula is C64H103NO31. The topological polar surface area (TPSA) is 501 Å². The predicted octanol–water partition coefficient (Wildman–Crippen LogP) is -5.74. The molecule has 18 N–H and O–H groups in total. The van der Waals surface area contributed by atoms with Crippen LogP contribution >= 0.6 is 0 Å². The largest absolute Gasteiger partial charge is 0.432 e. The smallest absolute Gasteiger partial charge is 0.317 e. The molecule has 32 heteroatoms. The van der Waals surface area contributed by atoms with Crippen LogP contribution in [0.25, 0.3) is 0 Å². The van der Waals surface area contributed by atoms with Crippen LogP contribution in [0.4, 0.5) is 0 Å². The Kier molecular flexibility index (Phi) is 21.5. The highest BCUT2D eigenvalue weighted by Crippen LogP contribution is 2.76. The number of hydrogen-bond donors (Lipinski definition) is 18. The van der Waals surface area contributed by atoms with Gasteiger partial charge in [0.1, 0.15) is 115 Å². The SMILES string of the molecule is CC(=O)NC1C(OC2CCC3(C)C(CCC4(C)C3CC=C3C5CC(C)(C)CCC5(C(=O)OC5OC(CO)C(O)C(O)C5OC5OCC(O)C(OC6OCC(O)(CO)C6O)C5O)C(O)C(O)C34C)C2(C)C)OC(COC2OCC(O)C(OC3OCC(O)C(O)C3O)C2O)C(O)C1O. The van der Waals surface area contributed by atoms with Crippen molar-refractivity contribution in [2.75, 3.05) is 46.2 Å². The Bertz CT molecular complexity index is 2770. The van der Waals surface area contributed by atoms with Crippen LogP contribution in [0.15, 0.2) is 11.6 Å². The first-order chi connectivity index (χ1) is 45.0. The van der Waals surface area contributed by atoms with E-state index in [4.69, 9.17) is 56.8 Å². The summed E-state index contributed by atoms with van der Waals surface area (Å²) in [5.41, 5.74) is -6.69. The molecule has 6 saturated heterocycles. The van der Waals surface area contributed by atoms with Crippen molar-refractivity contribution >= 4 is 11.9 Å². The Labute approximate surface area is 555 Å². The minimum Gasteiger partial charge on any atom is -0.432 e. The molecule has 0 spiro atoms. The fraction of sp³-hybridized carbons (Fsp3) is 0.938. The number of esters is 1. The van der Waals surface area contributed by atoms with E-state index in [-0.39, 0.29) is 18.3 Å². The molecule has 10 fully saturated rings. The van der Waals surface area contributed by atoms with Crippen LogP contribution in [0, 0.1) is 50.2 Å². The van der Waals surface area contributed by atoms with Crippen molar-refractivity contribution < 1.29 is 153 Å². The van der Waals surface area contributed by atoms with Crippen LogP contribution in [0.2, 0.25) is 0 Å². The summed E-state index contributed by atoms with van der Waals surface area (Å²) in [6.45, 7) is 11.6. The molecule has 6 aliphatic heterocycles. The van der Waals surface area contributed by atoms with E-state index in [1.165, 1.54) is 6.92 Å². The summed E-state index contributed by atoms with van der Waals surface area (Å²) in [5, 5.41) is 192. The molecule has 1 amide bonds. The average Bonchev–Trinajstić information content (AvgIpc) is 0.743. The molecule has 0 aromatic heterocycles. The first kappa shape index (κ1) is 74.7. The van der Waals surface area contributed by atoms with E-state index >= 15 is 4.79 Å². The summed E-state index contributed by atoms with van der Waals surface area (Å²) in [6, 6.07) is -1.28. The number of carbonyl (C=O) groups is 2. The fourth-order valence-corrected chi connectivity index (χ4v) is 18.8. The number of ether oxygens (including phenoxy) is 12. The number of fused-ring (bicyclic) bond motifs is 7. The number of aliphatic hydroxyl groups is 17. The summed E-state index contributed by atoms with van der Waals surface area (Å²) in [7, 11) is 0. The summed E-state index contributed by atoms with van der Waals surface area (Å²) in [4.78, 5) is 28.4. The number of nitrogens with one attached hydrogen (secondary N) is 1. The molecule has 35 unspecified atom stereocenters. The van der Waals surface area contributed by atoms with Crippen molar-refractivity contribution in [1.82, 2.24) is 5.32 Å². The van der Waals surface area contributed by atoms with Crippen LogP contribution in [-0.2, 0) is 66.4 Å². The van der Waals surface area contributed by atoms with Gasteiger partial charge >= 0.3 is 5.97 Å². The quantitative estimate of drug-likeness (QED) is 0.0389. The Morgan fingerprint density at radius 1 is 0.573 bits per heavy atom. The van der Waals surface area contributed by atoms with E-state index in [1.54, 1.807) is 0 Å². The normalized spacial score (nSPS) is 53.2. The van der Waals surface area contributed by atoms with Gasteiger partial charge in [-0.15, -0.1) is 0 Å². The van der Waals surface area contributed by atoms with Crippen LogP contribution < -0.4 is 5.32 Å². The third-order valence-electron chi connectivity index (χ3n) is 24.7.